The van der Waals surface area contributed by atoms with E-state index in [4.69, 9.17) is 10.6 Å². The molecule has 18 heavy (non-hydrogen) atoms. The molecule has 0 unspecified atom stereocenters. The predicted molar refractivity (Wildman–Crippen MR) is 71.1 cm³/mol. The van der Waals surface area contributed by atoms with Crippen LogP contribution in [0.25, 0.3) is 11.3 Å². The van der Waals surface area contributed by atoms with Crippen LogP contribution >= 0.6 is 0 Å². The fourth-order valence-corrected chi connectivity index (χ4v) is 1.51. The predicted octanol–water partition coefficient (Wildman–Crippen LogP) is 2.22. The molecule has 0 spiro atoms. The number of hydrazine groups is 1. The van der Waals surface area contributed by atoms with Gasteiger partial charge in [-0.15, -0.1) is 10.2 Å². The van der Waals surface area contributed by atoms with Crippen LogP contribution in [0, 0.1) is 0 Å². The van der Waals surface area contributed by atoms with Crippen LogP contribution in [0.3, 0.4) is 0 Å². The lowest BCUT2D eigenvalue weighted by Gasteiger charge is -2.05. The van der Waals surface area contributed by atoms with Gasteiger partial charge in [0.25, 0.3) is 0 Å². The SMILES string of the molecule is CCCOc1ccc(-c2ccc(NN)nn2)cc1. The molecule has 5 heteroatoms. The summed E-state index contributed by atoms with van der Waals surface area (Å²) in [5, 5.41) is 8.01. The van der Waals surface area contributed by atoms with Crippen molar-refractivity contribution >= 4 is 5.82 Å². The summed E-state index contributed by atoms with van der Waals surface area (Å²) < 4.78 is 5.52. The number of benzene rings is 1. The van der Waals surface area contributed by atoms with Crippen molar-refractivity contribution in [2.45, 2.75) is 13.3 Å². The number of nitrogens with two attached hydrogens (primary N) is 1. The van der Waals surface area contributed by atoms with Gasteiger partial charge in [-0.05, 0) is 42.8 Å². The van der Waals surface area contributed by atoms with Gasteiger partial charge in [-0.1, -0.05) is 6.92 Å². The van der Waals surface area contributed by atoms with Gasteiger partial charge < -0.3 is 10.2 Å². The molecule has 1 heterocycles. The Labute approximate surface area is 106 Å². The molecule has 3 N–H and O–H groups in total. The van der Waals surface area contributed by atoms with E-state index < -0.39 is 0 Å². The van der Waals surface area contributed by atoms with Gasteiger partial charge in [0.2, 0.25) is 0 Å². The van der Waals surface area contributed by atoms with E-state index >= 15 is 0 Å². The van der Waals surface area contributed by atoms with E-state index in [9.17, 15) is 0 Å². The molecule has 0 radical (unpaired) electrons. The zero-order valence-corrected chi connectivity index (χ0v) is 10.3. The number of aromatic nitrogens is 2. The van der Waals surface area contributed by atoms with E-state index in [1.807, 2.05) is 30.3 Å². The smallest absolute Gasteiger partial charge is 0.162 e. The Balaban J connectivity index is 2.12. The summed E-state index contributed by atoms with van der Waals surface area (Å²) in [5.74, 6) is 6.65. The zero-order chi connectivity index (χ0) is 12.8. The summed E-state index contributed by atoms with van der Waals surface area (Å²) in [5.41, 5.74) is 4.24. The quantitative estimate of drug-likeness (QED) is 0.623. The topological polar surface area (TPSA) is 73.1 Å². The van der Waals surface area contributed by atoms with Crippen molar-refractivity contribution in [1.82, 2.24) is 10.2 Å². The molecule has 94 valence electrons. The summed E-state index contributed by atoms with van der Waals surface area (Å²) in [7, 11) is 0. The maximum absolute atomic E-state index is 5.52. The molecule has 1 aromatic carbocycles. The highest BCUT2D eigenvalue weighted by Crippen LogP contribution is 2.20. The Morgan fingerprint density at radius 1 is 1.11 bits per heavy atom. The third-order valence-corrected chi connectivity index (χ3v) is 2.44. The van der Waals surface area contributed by atoms with E-state index in [-0.39, 0.29) is 0 Å². The minimum Gasteiger partial charge on any atom is -0.494 e. The van der Waals surface area contributed by atoms with Crippen LogP contribution in [0.2, 0.25) is 0 Å². The highest BCUT2D eigenvalue weighted by molar-refractivity contribution is 5.60. The average Bonchev–Trinajstić information content (AvgIpc) is 2.46. The number of nitrogen functional groups attached to an aromatic ring is 1. The zero-order valence-electron chi connectivity index (χ0n) is 10.3. The molecular formula is C13H16N4O. The first-order valence-electron chi connectivity index (χ1n) is 5.87. The van der Waals surface area contributed by atoms with Gasteiger partial charge in [-0.3, -0.25) is 0 Å². The Kier molecular flexibility index (Phi) is 4.09. The molecule has 2 aromatic rings. The van der Waals surface area contributed by atoms with Crippen molar-refractivity contribution < 1.29 is 4.74 Å². The molecule has 0 bridgehead atoms. The molecule has 0 saturated carbocycles. The molecule has 0 saturated heterocycles. The Bertz CT molecular complexity index is 481. The van der Waals surface area contributed by atoms with Crippen LogP contribution in [-0.4, -0.2) is 16.8 Å². The second kappa shape index (κ2) is 5.97. The van der Waals surface area contributed by atoms with Crippen LogP contribution in [0.1, 0.15) is 13.3 Å². The second-order valence-electron chi connectivity index (χ2n) is 3.82. The summed E-state index contributed by atoms with van der Waals surface area (Å²) in [6.07, 6.45) is 1.00. The third-order valence-electron chi connectivity index (χ3n) is 2.44. The van der Waals surface area contributed by atoms with Crippen molar-refractivity contribution in [2.75, 3.05) is 12.0 Å². The Hall–Kier alpha value is -2.14. The number of nitrogens with zero attached hydrogens (tertiary/aromatic N) is 2. The fourth-order valence-electron chi connectivity index (χ4n) is 1.51. The number of ether oxygens (including phenoxy) is 1. The van der Waals surface area contributed by atoms with Crippen LogP contribution in [0.15, 0.2) is 36.4 Å². The van der Waals surface area contributed by atoms with Gasteiger partial charge in [0.15, 0.2) is 5.82 Å². The van der Waals surface area contributed by atoms with E-state index in [0.29, 0.717) is 5.82 Å². The van der Waals surface area contributed by atoms with Crippen molar-refractivity contribution in [3.8, 4) is 17.0 Å². The minimum atomic E-state index is 0.543. The second-order valence-corrected chi connectivity index (χ2v) is 3.82. The van der Waals surface area contributed by atoms with E-state index in [1.165, 1.54) is 0 Å². The first-order chi connectivity index (χ1) is 8.83. The lowest BCUT2D eigenvalue weighted by Crippen LogP contribution is -2.08. The highest BCUT2D eigenvalue weighted by Gasteiger charge is 2.01. The van der Waals surface area contributed by atoms with Crippen molar-refractivity contribution in [1.29, 1.82) is 0 Å². The minimum absolute atomic E-state index is 0.543. The molecule has 0 aliphatic rings. The number of hydrogen-bond donors (Lipinski definition) is 2. The molecule has 0 atom stereocenters. The lowest BCUT2D eigenvalue weighted by molar-refractivity contribution is 0.317. The highest BCUT2D eigenvalue weighted by atomic mass is 16.5. The monoisotopic (exact) mass is 244 g/mol. The van der Waals surface area contributed by atoms with Gasteiger partial charge in [-0.2, -0.15) is 0 Å². The van der Waals surface area contributed by atoms with E-state index in [0.717, 1.165) is 30.0 Å². The fraction of sp³-hybridized carbons (Fsp3) is 0.231. The molecule has 0 aliphatic heterocycles. The van der Waals surface area contributed by atoms with Gasteiger partial charge in [0.1, 0.15) is 5.75 Å². The van der Waals surface area contributed by atoms with E-state index in [2.05, 4.69) is 22.5 Å². The summed E-state index contributed by atoms with van der Waals surface area (Å²) in [6, 6.07) is 11.4. The first kappa shape index (κ1) is 12.3. The summed E-state index contributed by atoms with van der Waals surface area (Å²) in [4.78, 5) is 0. The molecular weight excluding hydrogens is 228 g/mol. The molecule has 0 fully saturated rings. The molecule has 0 aliphatic carbocycles. The molecule has 5 nitrogen and oxygen atoms in total. The first-order valence-corrected chi connectivity index (χ1v) is 5.87. The van der Waals surface area contributed by atoms with Gasteiger partial charge in [-0.25, -0.2) is 5.84 Å². The van der Waals surface area contributed by atoms with Gasteiger partial charge >= 0.3 is 0 Å². The maximum Gasteiger partial charge on any atom is 0.162 e. The Morgan fingerprint density at radius 3 is 2.44 bits per heavy atom. The van der Waals surface area contributed by atoms with Crippen LogP contribution < -0.4 is 16.0 Å². The molecule has 0 amide bonds. The largest absolute Gasteiger partial charge is 0.494 e. The average molecular weight is 244 g/mol. The van der Waals surface area contributed by atoms with Crippen molar-refractivity contribution in [3.05, 3.63) is 36.4 Å². The Morgan fingerprint density at radius 2 is 1.89 bits per heavy atom. The van der Waals surface area contributed by atoms with Gasteiger partial charge in [0, 0.05) is 5.56 Å². The maximum atomic E-state index is 5.52. The van der Waals surface area contributed by atoms with Crippen molar-refractivity contribution in [2.24, 2.45) is 5.84 Å². The number of nitrogens with one attached hydrogen (secondary N) is 1. The van der Waals surface area contributed by atoms with Crippen LogP contribution in [-0.2, 0) is 0 Å². The lowest BCUT2D eigenvalue weighted by atomic mass is 10.1. The summed E-state index contributed by atoms with van der Waals surface area (Å²) in [6.45, 7) is 2.81. The standard InChI is InChI=1S/C13H16N4O/c1-2-9-18-11-5-3-10(4-6-11)12-7-8-13(15-14)17-16-12/h3-8H,2,9,14H2,1H3,(H,15,17). The van der Waals surface area contributed by atoms with Gasteiger partial charge in [0.05, 0.1) is 12.3 Å². The van der Waals surface area contributed by atoms with Crippen molar-refractivity contribution in [3.63, 3.8) is 0 Å². The van der Waals surface area contributed by atoms with Crippen LogP contribution in [0.4, 0.5) is 5.82 Å². The molecule has 2 rings (SSSR count). The molecule has 1 aromatic heterocycles. The number of hydrogen-bond acceptors (Lipinski definition) is 5. The van der Waals surface area contributed by atoms with Crippen LogP contribution in [0.5, 0.6) is 5.75 Å². The normalized spacial score (nSPS) is 10.1. The summed E-state index contributed by atoms with van der Waals surface area (Å²) >= 11 is 0. The number of rotatable bonds is 5. The number of anilines is 1. The van der Waals surface area contributed by atoms with E-state index in [1.54, 1.807) is 6.07 Å². The third kappa shape index (κ3) is 2.95.